The van der Waals surface area contributed by atoms with Crippen molar-refractivity contribution in [1.82, 2.24) is 0 Å². The van der Waals surface area contributed by atoms with Crippen molar-refractivity contribution >= 4 is 27.3 Å². The van der Waals surface area contributed by atoms with Crippen molar-refractivity contribution in [1.29, 1.82) is 0 Å². The van der Waals surface area contributed by atoms with E-state index in [2.05, 4.69) is 28.9 Å². The molecule has 0 amide bonds. The molecule has 0 radical (unpaired) electrons. The first kappa shape index (κ1) is 9.96. The van der Waals surface area contributed by atoms with Crippen molar-refractivity contribution in [3.63, 3.8) is 0 Å². The molecule has 0 fully saturated rings. The highest BCUT2D eigenvalue weighted by atomic mass is 79.9. The minimum Gasteiger partial charge on any atom is -0.466 e. The third kappa shape index (κ3) is 1.78. The van der Waals surface area contributed by atoms with Gasteiger partial charge in [-0.2, -0.15) is 0 Å². The van der Waals surface area contributed by atoms with Crippen molar-refractivity contribution in [2.75, 3.05) is 0 Å². The maximum absolute atomic E-state index is 6.06. The third-order valence-corrected chi connectivity index (χ3v) is 3.73. The molecular weight excluding hydrogens is 262 g/mol. The summed E-state index contributed by atoms with van der Waals surface area (Å²) < 4.78 is 6.25. The van der Waals surface area contributed by atoms with Crippen LogP contribution in [0, 0.1) is 6.92 Å². The van der Waals surface area contributed by atoms with Crippen LogP contribution < -0.4 is 5.73 Å². The molecule has 0 aliphatic carbocycles. The van der Waals surface area contributed by atoms with E-state index < -0.39 is 0 Å². The summed E-state index contributed by atoms with van der Waals surface area (Å²) in [4.78, 5) is 2.39. The van der Waals surface area contributed by atoms with Gasteiger partial charge >= 0.3 is 0 Å². The van der Waals surface area contributed by atoms with Crippen LogP contribution in [0.3, 0.4) is 0 Å². The predicted molar refractivity (Wildman–Crippen MR) is 61.5 cm³/mol. The lowest BCUT2D eigenvalue weighted by atomic mass is 10.2. The number of halogens is 1. The van der Waals surface area contributed by atoms with E-state index in [-0.39, 0.29) is 6.04 Å². The smallest absolute Gasteiger partial charge is 0.139 e. The Labute approximate surface area is 94.9 Å². The summed E-state index contributed by atoms with van der Waals surface area (Å²) in [6.45, 7) is 2.07. The predicted octanol–water partition coefficient (Wildman–Crippen LogP) is 3.46. The minimum atomic E-state index is -0.168. The number of rotatable bonds is 2. The molecule has 1 unspecified atom stereocenters. The van der Waals surface area contributed by atoms with Crippen molar-refractivity contribution in [3.05, 3.63) is 44.4 Å². The fraction of sp³-hybridized carbons (Fsp3) is 0.200. The largest absolute Gasteiger partial charge is 0.466 e. The molecule has 2 aromatic rings. The van der Waals surface area contributed by atoms with Gasteiger partial charge in [0.05, 0.1) is 16.8 Å². The average Bonchev–Trinajstić information content (AvgIpc) is 2.73. The van der Waals surface area contributed by atoms with Gasteiger partial charge in [0.1, 0.15) is 5.76 Å². The minimum absolute atomic E-state index is 0.168. The van der Waals surface area contributed by atoms with Crippen LogP contribution in [-0.4, -0.2) is 0 Å². The molecule has 74 valence electrons. The first-order valence-electron chi connectivity index (χ1n) is 4.23. The van der Waals surface area contributed by atoms with Crippen LogP contribution in [0.1, 0.15) is 21.6 Å². The zero-order chi connectivity index (χ0) is 10.1. The molecule has 0 saturated carbocycles. The summed E-state index contributed by atoms with van der Waals surface area (Å²) in [5, 5.41) is 0. The molecular formula is C10H10BrNOS. The SMILES string of the molecule is Cc1ccc(C(N)c2occc2Br)s1. The topological polar surface area (TPSA) is 39.2 Å². The molecule has 14 heavy (non-hydrogen) atoms. The second-order valence-corrected chi connectivity index (χ2v) is 5.23. The monoisotopic (exact) mass is 271 g/mol. The summed E-state index contributed by atoms with van der Waals surface area (Å²) >= 11 is 5.10. The average molecular weight is 272 g/mol. The molecule has 0 aliphatic rings. The van der Waals surface area contributed by atoms with Crippen LogP contribution >= 0.6 is 27.3 Å². The second kappa shape index (κ2) is 3.88. The van der Waals surface area contributed by atoms with E-state index in [9.17, 15) is 0 Å². The Bertz CT molecular complexity index is 435. The highest BCUT2D eigenvalue weighted by Crippen LogP contribution is 2.31. The molecule has 2 heterocycles. The molecule has 0 aromatic carbocycles. The number of nitrogens with two attached hydrogens (primary N) is 1. The lowest BCUT2D eigenvalue weighted by Gasteiger charge is -2.06. The van der Waals surface area contributed by atoms with Crippen LogP contribution in [0.5, 0.6) is 0 Å². The van der Waals surface area contributed by atoms with E-state index in [0.717, 1.165) is 15.1 Å². The van der Waals surface area contributed by atoms with E-state index >= 15 is 0 Å². The summed E-state index contributed by atoms with van der Waals surface area (Å²) in [5.74, 6) is 0.784. The van der Waals surface area contributed by atoms with Gasteiger partial charge in [0.15, 0.2) is 0 Å². The van der Waals surface area contributed by atoms with Gasteiger partial charge in [0.25, 0.3) is 0 Å². The molecule has 0 spiro atoms. The first-order chi connectivity index (χ1) is 6.68. The van der Waals surface area contributed by atoms with Gasteiger partial charge in [-0.25, -0.2) is 0 Å². The number of thiophene rings is 1. The van der Waals surface area contributed by atoms with Gasteiger partial charge in [0.2, 0.25) is 0 Å². The third-order valence-electron chi connectivity index (χ3n) is 1.99. The highest BCUT2D eigenvalue weighted by molar-refractivity contribution is 9.10. The Kier molecular flexibility index (Phi) is 2.76. The summed E-state index contributed by atoms with van der Waals surface area (Å²) in [6.07, 6.45) is 1.64. The van der Waals surface area contributed by atoms with Crippen LogP contribution in [0.15, 0.2) is 33.4 Å². The maximum atomic E-state index is 6.06. The Morgan fingerprint density at radius 2 is 2.21 bits per heavy atom. The van der Waals surface area contributed by atoms with Gasteiger partial charge in [0, 0.05) is 9.75 Å². The van der Waals surface area contributed by atoms with Crippen molar-refractivity contribution in [3.8, 4) is 0 Å². The molecule has 4 heteroatoms. The van der Waals surface area contributed by atoms with Crippen LogP contribution in [0.2, 0.25) is 0 Å². The van der Waals surface area contributed by atoms with E-state index in [1.54, 1.807) is 17.6 Å². The summed E-state index contributed by atoms with van der Waals surface area (Å²) in [6, 6.07) is 5.80. The summed E-state index contributed by atoms with van der Waals surface area (Å²) in [5.41, 5.74) is 6.06. The van der Waals surface area contributed by atoms with Gasteiger partial charge in [-0.15, -0.1) is 11.3 Å². The molecule has 2 rings (SSSR count). The van der Waals surface area contributed by atoms with E-state index in [4.69, 9.17) is 10.2 Å². The highest BCUT2D eigenvalue weighted by Gasteiger charge is 2.16. The molecule has 0 saturated heterocycles. The first-order valence-corrected chi connectivity index (χ1v) is 5.84. The molecule has 2 nitrogen and oxygen atoms in total. The lowest BCUT2D eigenvalue weighted by Crippen LogP contribution is -2.09. The Hall–Kier alpha value is -0.580. The number of hydrogen-bond acceptors (Lipinski definition) is 3. The molecule has 2 N–H and O–H groups in total. The van der Waals surface area contributed by atoms with Gasteiger partial charge in [-0.1, -0.05) is 0 Å². The fourth-order valence-electron chi connectivity index (χ4n) is 1.28. The quantitative estimate of drug-likeness (QED) is 0.909. The summed E-state index contributed by atoms with van der Waals surface area (Å²) in [7, 11) is 0. The number of furan rings is 1. The van der Waals surface area contributed by atoms with Crippen LogP contribution in [0.25, 0.3) is 0 Å². The maximum Gasteiger partial charge on any atom is 0.139 e. The van der Waals surface area contributed by atoms with E-state index in [1.807, 2.05) is 12.1 Å². The van der Waals surface area contributed by atoms with Crippen molar-refractivity contribution in [2.45, 2.75) is 13.0 Å². The van der Waals surface area contributed by atoms with Gasteiger partial charge in [-0.3, -0.25) is 0 Å². The van der Waals surface area contributed by atoms with Gasteiger partial charge in [-0.05, 0) is 41.1 Å². The van der Waals surface area contributed by atoms with Crippen LogP contribution in [-0.2, 0) is 0 Å². The molecule has 2 aromatic heterocycles. The molecule has 0 aliphatic heterocycles. The number of hydrogen-bond donors (Lipinski definition) is 1. The van der Waals surface area contributed by atoms with Crippen molar-refractivity contribution in [2.24, 2.45) is 5.73 Å². The lowest BCUT2D eigenvalue weighted by molar-refractivity contribution is 0.489. The van der Waals surface area contributed by atoms with Gasteiger partial charge < -0.3 is 10.2 Å². The normalized spacial score (nSPS) is 13.1. The van der Waals surface area contributed by atoms with E-state index in [1.165, 1.54) is 4.88 Å². The molecule has 1 atom stereocenters. The fourth-order valence-corrected chi connectivity index (χ4v) is 2.60. The Morgan fingerprint density at radius 3 is 2.71 bits per heavy atom. The zero-order valence-electron chi connectivity index (χ0n) is 7.66. The van der Waals surface area contributed by atoms with E-state index in [0.29, 0.717) is 0 Å². The Morgan fingerprint density at radius 1 is 1.43 bits per heavy atom. The van der Waals surface area contributed by atoms with Crippen molar-refractivity contribution < 1.29 is 4.42 Å². The molecule has 0 bridgehead atoms. The second-order valence-electron chi connectivity index (χ2n) is 3.06. The zero-order valence-corrected chi connectivity index (χ0v) is 10.1. The Balaban J connectivity index is 2.33. The van der Waals surface area contributed by atoms with Crippen LogP contribution in [0.4, 0.5) is 0 Å². The number of aryl methyl sites for hydroxylation is 1. The standard InChI is InChI=1S/C10H10BrNOS/c1-6-2-3-8(14-6)9(12)10-7(11)4-5-13-10/h2-5,9H,12H2,1H3.